The second-order valence-corrected chi connectivity index (χ2v) is 5.89. The number of anilines is 1. The van der Waals surface area contributed by atoms with Crippen LogP contribution in [-0.2, 0) is 11.8 Å². The molecule has 0 saturated carbocycles. The largest absolute Gasteiger partial charge is 0.383 e. The van der Waals surface area contributed by atoms with E-state index in [2.05, 4.69) is 37.8 Å². The first-order valence-electron chi connectivity index (χ1n) is 6.74. The van der Waals surface area contributed by atoms with E-state index in [4.69, 9.17) is 4.74 Å². The summed E-state index contributed by atoms with van der Waals surface area (Å²) in [5, 5.41) is 4.11. The molecule has 1 unspecified atom stereocenters. The van der Waals surface area contributed by atoms with Gasteiger partial charge in [0.1, 0.15) is 4.47 Å². The van der Waals surface area contributed by atoms with E-state index in [0.29, 0.717) is 10.5 Å². The Morgan fingerprint density at radius 3 is 2.90 bits per heavy atom. The third-order valence-corrected chi connectivity index (χ3v) is 4.49. The molecule has 20 heavy (non-hydrogen) atoms. The molecule has 0 bridgehead atoms. The number of hydrogen-bond donors (Lipinski definition) is 0. The van der Waals surface area contributed by atoms with Crippen molar-refractivity contribution in [3.05, 3.63) is 21.0 Å². The molecular formula is C13H21BrN4O2. The summed E-state index contributed by atoms with van der Waals surface area (Å²) >= 11 is 3.39. The molecule has 112 valence electrons. The van der Waals surface area contributed by atoms with Crippen LogP contribution < -0.4 is 10.5 Å². The van der Waals surface area contributed by atoms with Gasteiger partial charge in [-0.15, -0.1) is 0 Å². The molecule has 1 aliphatic rings. The van der Waals surface area contributed by atoms with Crippen molar-refractivity contribution in [2.24, 2.45) is 7.05 Å². The van der Waals surface area contributed by atoms with Crippen molar-refractivity contribution in [3.63, 3.8) is 0 Å². The standard InChI is InChI=1S/C13H21BrN4O2/c1-10-9-18(5-4-17(10)6-7-20-3)11-8-15-16(2)13(19)12(11)14/h8,10H,4-7,9H2,1-3H3. The van der Waals surface area contributed by atoms with Crippen LogP contribution >= 0.6 is 15.9 Å². The van der Waals surface area contributed by atoms with Crippen LogP contribution in [0.25, 0.3) is 0 Å². The maximum Gasteiger partial charge on any atom is 0.282 e. The van der Waals surface area contributed by atoms with Gasteiger partial charge in [-0.2, -0.15) is 5.10 Å². The maximum absolute atomic E-state index is 11.9. The summed E-state index contributed by atoms with van der Waals surface area (Å²) in [5.74, 6) is 0. The predicted octanol–water partition coefficient (Wildman–Crippen LogP) is 0.700. The Morgan fingerprint density at radius 1 is 1.50 bits per heavy atom. The van der Waals surface area contributed by atoms with Crippen LogP contribution in [0.5, 0.6) is 0 Å². The normalized spacial score (nSPS) is 20.4. The van der Waals surface area contributed by atoms with E-state index in [1.807, 2.05) is 0 Å². The zero-order valence-electron chi connectivity index (χ0n) is 12.2. The van der Waals surface area contributed by atoms with Crippen LogP contribution in [0.4, 0.5) is 5.69 Å². The summed E-state index contributed by atoms with van der Waals surface area (Å²) < 4.78 is 7.07. The number of aromatic nitrogens is 2. The highest BCUT2D eigenvalue weighted by Crippen LogP contribution is 2.24. The Kier molecular flexibility index (Phi) is 5.17. The lowest BCUT2D eigenvalue weighted by atomic mass is 10.2. The molecule has 1 fully saturated rings. The van der Waals surface area contributed by atoms with Gasteiger partial charge in [0.25, 0.3) is 5.56 Å². The predicted molar refractivity (Wildman–Crippen MR) is 82.3 cm³/mol. The highest BCUT2D eigenvalue weighted by atomic mass is 79.9. The summed E-state index contributed by atoms with van der Waals surface area (Å²) in [6, 6.07) is 0.426. The molecule has 0 N–H and O–H groups in total. The van der Waals surface area contributed by atoms with E-state index in [9.17, 15) is 4.79 Å². The van der Waals surface area contributed by atoms with Gasteiger partial charge in [0.15, 0.2) is 0 Å². The van der Waals surface area contributed by atoms with Gasteiger partial charge < -0.3 is 9.64 Å². The van der Waals surface area contributed by atoms with Gasteiger partial charge in [-0.1, -0.05) is 0 Å². The minimum Gasteiger partial charge on any atom is -0.383 e. The number of hydrogen-bond acceptors (Lipinski definition) is 5. The van der Waals surface area contributed by atoms with E-state index in [0.717, 1.165) is 38.5 Å². The van der Waals surface area contributed by atoms with Crippen LogP contribution in [0.15, 0.2) is 15.5 Å². The average molecular weight is 345 g/mol. The van der Waals surface area contributed by atoms with Crippen LogP contribution in [0.1, 0.15) is 6.92 Å². The molecule has 1 aromatic heterocycles. The topological polar surface area (TPSA) is 50.6 Å². The first-order valence-corrected chi connectivity index (χ1v) is 7.53. The van der Waals surface area contributed by atoms with Crippen LogP contribution in [0, 0.1) is 0 Å². The molecule has 0 radical (unpaired) electrons. The highest BCUT2D eigenvalue weighted by Gasteiger charge is 2.25. The Bertz CT molecular complexity index is 520. The second kappa shape index (κ2) is 6.69. The Labute approximate surface area is 127 Å². The molecule has 1 atom stereocenters. The molecule has 1 aliphatic heterocycles. The monoisotopic (exact) mass is 344 g/mol. The van der Waals surface area contributed by atoms with Crippen molar-refractivity contribution < 1.29 is 4.74 Å². The van der Waals surface area contributed by atoms with Crippen molar-refractivity contribution >= 4 is 21.6 Å². The zero-order valence-corrected chi connectivity index (χ0v) is 13.8. The number of methoxy groups -OCH3 is 1. The van der Waals surface area contributed by atoms with E-state index in [1.165, 1.54) is 4.68 Å². The van der Waals surface area contributed by atoms with Gasteiger partial charge in [0.2, 0.25) is 0 Å². The Hall–Kier alpha value is -0.920. The summed E-state index contributed by atoms with van der Waals surface area (Å²) in [4.78, 5) is 16.5. The maximum atomic E-state index is 11.9. The van der Waals surface area contributed by atoms with Gasteiger partial charge in [-0.05, 0) is 22.9 Å². The van der Waals surface area contributed by atoms with Crippen molar-refractivity contribution in [1.82, 2.24) is 14.7 Å². The van der Waals surface area contributed by atoms with Crippen LogP contribution in [0.3, 0.4) is 0 Å². The number of ether oxygens (including phenoxy) is 1. The minimum absolute atomic E-state index is 0.100. The smallest absolute Gasteiger partial charge is 0.282 e. The lowest BCUT2D eigenvalue weighted by molar-refractivity contribution is 0.117. The third-order valence-electron chi connectivity index (χ3n) is 3.75. The number of nitrogens with zero attached hydrogens (tertiary/aromatic N) is 4. The molecule has 0 aromatic carbocycles. The molecule has 0 aliphatic carbocycles. The van der Waals surface area contributed by atoms with E-state index >= 15 is 0 Å². The number of halogens is 1. The molecular weight excluding hydrogens is 324 g/mol. The van der Waals surface area contributed by atoms with E-state index in [-0.39, 0.29) is 5.56 Å². The summed E-state index contributed by atoms with van der Waals surface area (Å²) in [7, 11) is 3.38. The first kappa shape index (κ1) is 15.5. The van der Waals surface area contributed by atoms with Crippen molar-refractivity contribution in [3.8, 4) is 0 Å². The number of aryl methyl sites for hydroxylation is 1. The SMILES string of the molecule is COCCN1CCN(c2cnn(C)c(=O)c2Br)CC1C. The molecule has 2 rings (SSSR count). The van der Waals surface area contributed by atoms with Gasteiger partial charge >= 0.3 is 0 Å². The Balaban J connectivity index is 2.10. The first-order chi connectivity index (χ1) is 9.54. The quantitative estimate of drug-likeness (QED) is 0.804. The van der Waals surface area contributed by atoms with E-state index < -0.39 is 0 Å². The zero-order chi connectivity index (χ0) is 14.7. The van der Waals surface area contributed by atoms with Gasteiger partial charge in [0, 0.05) is 46.4 Å². The molecule has 0 amide bonds. The lowest BCUT2D eigenvalue weighted by Gasteiger charge is -2.40. The molecule has 1 aromatic rings. The van der Waals surface area contributed by atoms with E-state index in [1.54, 1.807) is 20.4 Å². The van der Waals surface area contributed by atoms with Crippen LogP contribution in [0.2, 0.25) is 0 Å². The molecule has 0 spiro atoms. The molecule has 6 nitrogen and oxygen atoms in total. The molecule has 1 saturated heterocycles. The fourth-order valence-corrected chi connectivity index (χ4v) is 3.09. The summed E-state index contributed by atoms with van der Waals surface area (Å²) in [6.45, 7) is 6.64. The van der Waals surface area contributed by atoms with Crippen molar-refractivity contribution in [2.75, 3.05) is 44.8 Å². The molecule has 2 heterocycles. The molecule has 7 heteroatoms. The number of rotatable bonds is 4. The van der Waals surface area contributed by atoms with Gasteiger partial charge in [-0.25, -0.2) is 4.68 Å². The third kappa shape index (κ3) is 3.21. The summed E-state index contributed by atoms with van der Waals surface area (Å²) in [5.41, 5.74) is 0.781. The number of piperazine rings is 1. The fourth-order valence-electron chi connectivity index (χ4n) is 2.48. The van der Waals surface area contributed by atoms with Crippen molar-refractivity contribution in [2.45, 2.75) is 13.0 Å². The average Bonchev–Trinajstić information content (AvgIpc) is 2.44. The second-order valence-electron chi connectivity index (χ2n) is 5.10. The fraction of sp³-hybridized carbons (Fsp3) is 0.692. The minimum atomic E-state index is -0.100. The highest BCUT2D eigenvalue weighted by molar-refractivity contribution is 9.10. The Morgan fingerprint density at radius 2 is 2.25 bits per heavy atom. The lowest BCUT2D eigenvalue weighted by Crippen LogP contribution is -2.53. The van der Waals surface area contributed by atoms with Crippen LogP contribution in [-0.4, -0.2) is 60.6 Å². The summed E-state index contributed by atoms with van der Waals surface area (Å²) in [6.07, 6.45) is 1.75. The van der Waals surface area contributed by atoms with Gasteiger partial charge in [-0.3, -0.25) is 9.69 Å². The van der Waals surface area contributed by atoms with Crippen molar-refractivity contribution in [1.29, 1.82) is 0 Å². The van der Waals surface area contributed by atoms with Gasteiger partial charge in [0.05, 0.1) is 18.5 Å².